The van der Waals surface area contributed by atoms with Crippen LogP contribution in [-0.4, -0.2) is 11.2 Å². The van der Waals surface area contributed by atoms with Gasteiger partial charge in [-0.25, -0.2) is 0 Å². The molecule has 1 heteroatoms. The van der Waals surface area contributed by atoms with Gasteiger partial charge in [0.1, 0.15) is 0 Å². The number of hydrogen-bond acceptors (Lipinski definition) is 1. The van der Waals surface area contributed by atoms with Gasteiger partial charge in [0.05, 0.1) is 6.10 Å². The van der Waals surface area contributed by atoms with Crippen molar-refractivity contribution in [1.29, 1.82) is 0 Å². The van der Waals surface area contributed by atoms with Crippen LogP contribution in [0.15, 0.2) is 130 Å². The van der Waals surface area contributed by atoms with Crippen molar-refractivity contribution >= 4 is 0 Å². The van der Waals surface area contributed by atoms with E-state index < -0.39 is 0 Å². The molecule has 3 atom stereocenters. The lowest BCUT2D eigenvalue weighted by Gasteiger charge is -2.38. The van der Waals surface area contributed by atoms with E-state index in [1.54, 1.807) is 0 Å². The van der Waals surface area contributed by atoms with E-state index in [1.165, 1.54) is 51.9 Å². The Hall–Kier alpha value is -2.90. The third-order valence-electron chi connectivity index (χ3n) is 8.56. The van der Waals surface area contributed by atoms with E-state index in [-0.39, 0.29) is 16.9 Å². The third kappa shape index (κ3) is 11.8. The van der Waals surface area contributed by atoms with Crippen LogP contribution in [0.1, 0.15) is 95.4 Å². The molecule has 0 spiro atoms. The van der Waals surface area contributed by atoms with Crippen molar-refractivity contribution in [3.8, 4) is 0 Å². The Labute approximate surface area is 259 Å². The highest BCUT2D eigenvalue weighted by atomic mass is 16.3. The first kappa shape index (κ1) is 35.3. The van der Waals surface area contributed by atoms with Crippen molar-refractivity contribution in [3.63, 3.8) is 0 Å². The lowest BCUT2D eigenvalue weighted by Crippen LogP contribution is -2.32. The first-order chi connectivity index (χ1) is 19.6. The van der Waals surface area contributed by atoms with Gasteiger partial charge in [-0.3, -0.25) is 0 Å². The maximum absolute atomic E-state index is 10.1. The first-order valence-corrected chi connectivity index (χ1v) is 15.8. The molecule has 0 amide bonds. The Morgan fingerprint density at radius 1 is 0.738 bits per heavy atom. The van der Waals surface area contributed by atoms with Gasteiger partial charge >= 0.3 is 0 Å². The van der Waals surface area contributed by atoms with Gasteiger partial charge in [0, 0.05) is 5.92 Å². The van der Waals surface area contributed by atoms with Crippen LogP contribution in [-0.2, 0) is 0 Å². The SMILES string of the molecule is CC1=C[C@@H](O)CC(C)(C)C1/C=C/C(C)=C/C=C/C(C)=C/C=C/C=C(C)/C=C/C=C(C)/C=C/C1=C(C)C[C@@H](C)CC1(C)C. The van der Waals surface area contributed by atoms with Crippen molar-refractivity contribution in [1.82, 2.24) is 0 Å². The van der Waals surface area contributed by atoms with Gasteiger partial charge in [-0.2, -0.15) is 0 Å². The molecule has 1 unspecified atom stereocenters. The highest BCUT2D eigenvalue weighted by Gasteiger charge is 2.34. The van der Waals surface area contributed by atoms with Crippen LogP contribution in [0.25, 0.3) is 0 Å². The van der Waals surface area contributed by atoms with E-state index in [1.807, 2.05) is 6.08 Å². The Kier molecular flexibility index (Phi) is 13.5. The maximum atomic E-state index is 10.1. The first-order valence-electron chi connectivity index (χ1n) is 15.8. The van der Waals surface area contributed by atoms with Crippen LogP contribution in [0, 0.1) is 22.7 Å². The van der Waals surface area contributed by atoms with Gasteiger partial charge in [-0.05, 0) is 83.1 Å². The minimum Gasteiger partial charge on any atom is -0.389 e. The second-order valence-electron chi connectivity index (χ2n) is 14.2. The van der Waals surface area contributed by atoms with Crippen LogP contribution >= 0.6 is 0 Å². The predicted molar refractivity (Wildman–Crippen MR) is 187 cm³/mol. The summed E-state index contributed by atoms with van der Waals surface area (Å²) in [5.41, 5.74) is 9.52. The fraction of sp³-hybridized carbons (Fsp3) is 0.463. The highest BCUT2D eigenvalue weighted by molar-refractivity contribution is 5.38. The molecule has 0 aromatic rings. The van der Waals surface area contributed by atoms with Crippen LogP contribution in [0.3, 0.4) is 0 Å². The zero-order valence-electron chi connectivity index (χ0n) is 28.5. The number of rotatable bonds is 10. The monoisotopic (exact) mass is 566 g/mol. The fourth-order valence-corrected chi connectivity index (χ4v) is 6.60. The summed E-state index contributed by atoms with van der Waals surface area (Å²) >= 11 is 0. The van der Waals surface area contributed by atoms with Crippen LogP contribution < -0.4 is 0 Å². The van der Waals surface area contributed by atoms with Crippen molar-refractivity contribution < 1.29 is 5.11 Å². The lowest BCUT2D eigenvalue weighted by molar-refractivity contribution is 0.117. The molecular weight excluding hydrogens is 508 g/mol. The minimum absolute atomic E-state index is 0.0639. The summed E-state index contributed by atoms with van der Waals surface area (Å²) in [6, 6.07) is 0. The minimum atomic E-state index is -0.325. The lowest BCUT2D eigenvalue weighted by atomic mass is 9.67. The zero-order valence-corrected chi connectivity index (χ0v) is 28.5. The van der Waals surface area contributed by atoms with Crippen molar-refractivity contribution in [2.24, 2.45) is 22.7 Å². The van der Waals surface area contributed by atoms with Gasteiger partial charge in [-0.15, -0.1) is 0 Å². The maximum Gasteiger partial charge on any atom is 0.0729 e. The van der Waals surface area contributed by atoms with E-state index in [0.29, 0.717) is 5.92 Å². The summed E-state index contributed by atoms with van der Waals surface area (Å²) in [5.74, 6) is 1.13. The van der Waals surface area contributed by atoms with E-state index in [2.05, 4.69) is 161 Å². The molecule has 0 aromatic carbocycles. The molecule has 0 bridgehead atoms. The zero-order chi connectivity index (χ0) is 31.5. The molecule has 42 heavy (non-hydrogen) atoms. The molecule has 2 aliphatic rings. The Balaban J connectivity index is 1.90. The van der Waals surface area contributed by atoms with E-state index in [0.717, 1.165) is 12.3 Å². The Morgan fingerprint density at radius 2 is 1.24 bits per heavy atom. The molecule has 2 aliphatic carbocycles. The van der Waals surface area contributed by atoms with Crippen LogP contribution in [0.5, 0.6) is 0 Å². The van der Waals surface area contributed by atoms with E-state index in [4.69, 9.17) is 0 Å². The average Bonchev–Trinajstić information content (AvgIpc) is 2.84. The Morgan fingerprint density at radius 3 is 1.76 bits per heavy atom. The number of allylic oxidation sites excluding steroid dienone is 21. The number of aliphatic hydroxyl groups is 1. The molecule has 1 N–H and O–H groups in total. The molecular formula is C41H58O. The molecule has 1 nitrogen and oxygen atoms in total. The largest absolute Gasteiger partial charge is 0.389 e. The van der Waals surface area contributed by atoms with Crippen molar-refractivity contribution in [2.75, 3.05) is 0 Å². The molecule has 228 valence electrons. The van der Waals surface area contributed by atoms with Gasteiger partial charge < -0.3 is 5.11 Å². The molecule has 0 saturated heterocycles. The summed E-state index contributed by atoms with van der Waals surface area (Å²) in [7, 11) is 0. The summed E-state index contributed by atoms with van der Waals surface area (Å²) in [6.07, 6.45) is 35.4. The summed E-state index contributed by atoms with van der Waals surface area (Å²) < 4.78 is 0. The predicted octanol–water partition coefficient (Wildman–Crippen LogP) is 11.7. The molecule has 2 rings (SSSR count). The van der Waals surface area contributed by atoms with Crippen molar-refractivity contribution in [3.05, 3.63) is 130 Å². The second-order valence-corrected chi connectivity index (χ2v) is 14.2. The third-order valence-corrected chi connectivity index (χ3v) is 8.56. The fourth-order valence-electron chi connectivity index (χ4n) is 6.60. The molecule has 0 fully saturated rings. The van der Waals surface area contributed by atoms with E-state index >= 15 is 0 Å². The van der Waals surface area contributed by atoms with Gasteiger partial charge in [-0.1, -0.05) is 159 Å². The smallest absolute Gasteiger partial charge is 0.0729 e. The molecule has 0 heterocycles. The summed E-state index contributed by atoms with van der Waals surface area (Å²) in [4.78, 5) is 0. The van der Waals surface area contributed by atoms with Gasteiger partial charge in [0.2, 0.25) is 0 Å². The molecule has 0 saturated carbocycles. The molecule has 0 aliphatic heterocycles. The standard InChI is InChI=1S/C41H58O/c1-30(18-14-20-32(3)22-24-38-35(6)26-34(5)28-40(38,8)9)16-12-13-17-31(2)19-15-21-33(4)23-25-39-36(7)27-37(42)29-41(39,10)11/h12-25,27,34,37,39,42H,26,28-29H2,1-11H3/b13-12+,18-14+,19-15+,24-22+,25-23+,30-16+,31-17+,32-20+,33-21+/t34-,37-,39?/m1/s1. The molecule has 0 radical (unpaired) electrons. The number of hydrogen-bond donors (Lipinski definition) is 1. The Bertz CT molecular complexity index is 1270. The van der Waals surface area contributed by atoms with Crippen molar-refractivity contribution in [2.45, 2.75) is 102 Å². The quantitative estimate of drug-likeness (QED) is 0.206. The summed E-state index contributed by atoms with van der Waals surface area (Å²) in [6.45, 7) is 24.6. The van der Waals surface area contributed by atoms with Crippen LogP contribution in [0.2, 0.25) is 0 Å². The topological polar surface area (TPSA) is 20.2 Å². The molecule has 0 aromatic heterocycles. The number of aliphatic hydroxyl groups excluding tert-OH is 1. The average molecular weight is 567 g/mol. The second kappa shape index (κ2) is 16.1. The normalized spacial score (nSPS) is 26.6. The summed E-state index contributed by atoms with van der Waals surface area (Å²) in [5, 5.41) is 10.1. The highest BCUT2D eigenvalue weighted by Crippen LogP contribution is 2.44. The van der Waals surface area contributed by atoms with Crippen LogP contribution in [0.4, 0.5) is 0 Å². The van der Waals surface area contributed by atoms with E-state index in [9.17, 15) is 5.11 Å². The van der Waals surface area contributed by atoms with Gasteiger partial charge in [0.25, 0.3) is 0 Å². The van der Waals surface area contributed by atoms with Gasteiger partial charge in [0.15, 0.2) is 0 Å².